The van der Waals surface area contributed by atoms with Gasteiger partial charge in [0.1, 0.15) is 0 Å². The third-order valence-corrected chi connectivity index (χ3v) is 8.60. The Hall–Kier alpha value is -0.947. The van der Waals surface area contributed by atoms with Gasteiger partial charge in [0, 0.05) is 0 Å². The molecule has 29 heavy (non-hydrogen) atoms. The first-order valence-corrected chi connectivity index (χ1v) is 14.0. The summed E-state index contributed by atoms with van der Waals surface area (Å²) in [4.78, 5) is 0. The summed E-state index contributed by atoms with van der Waals surface area (Å²) in [5.41, 5.74) is 1.16. The SMILES string of the molecule is CCCCCCCCCCC[CH2][Co](=[O])[c]1cc[c]([Co](=[O])[c]2ccc(C)cc2)cc1. The van der Waals surface area contributed by atoms with Crippen molar-refractivity contribution < 1.29 is 34.9 Å². The Morgan fingerprint density at radius 3 is 1.52 bits per heavy atom. The van der Waals surface area contributed by atoms with Gasteiger partial charge in [0.05, 0.1) is 0 Å². The maximum absolute atomic E-state index is 12.7. The van der Waals surface area contributed by atoms with E-state index in [0.717, 1.165) is 30.8 Å². The van der Waals surface area contributed by atoms with Gasteiger partial charge in [-0.3, -0.25) is 0 Å². The van der Waals surface area contributed by atoms with Crippen molar-refractivity contribution in [3.63, 3.8) is 0 Å². The van der Waals surface area contributed by atoms with E-state index >= 15 is 0 Å². The summed E-state index contributed by atoms with van der Waals surface area (Å²) in [6, 6.07) is 15.3. The number of hydrogen-bond acceptors (Lipinski definition) is 2. The summed E-state index contributed by atoms with van der Waals surface area (Å²) in [6.07, 6.45) is 12.9. The van der Waals surface area contributed by atoms with E-state index in [4.69, 9.17) is 0 Å². The van der Waals surface area contributed by atoms with Crippen molar-refractivity contribution in [2.75, 3.05) is 0 Å². The predicted molar refractivity (Wildman–Crippen MR) is 115 cm³/mol. The number of hydrogen-bond donors (Lipinski definition) is 0. The molecule has 166 valence electrons. The van der Waals surface area contributed by atoms with Gasteiger partial charge < -0.3 is 0 Å². The summed E-state index contributed by atoms with van der Waals surface area (Å²) in [7, 11) is 0. The molecule has 0 amide bonds. The second-order valence-electron chi connectivity index (χ2n) is 7.50. The average molecular weight is 486 g/mol. The predicted octanol–water partition coefficient (Wildman–Crippen LogP) is 5.84. The molecule has 0 unspecified atom stereocenters. The molecule has 0 saturated carbocycles. The molecular weight excluding hydrogens is 450 g/mol. The van der Waals surface area contributed by atoms with Crippen LogP contribution >= 0.6 is 0 Å². The fourth-order valence-electron chi connectivity index (χ4n) is 3.15. The van der Waals surface area contributed by atoms with Gasteiger partial charge in [-0.2, -0.15) is 0 Å². The summed E-state index contributed by atoms with van der Waals surface area (Å²) >= 11 is -2.88. The van der Waals surface area contributed by atoms with Gasteiger partial charge in [-0.15, -0.1) is 0 Å². The fourth-order valence-corrected chi connectivity index (χ4v) is 5.93. The third kappa shape index (κ3) is 9.16. The normalized spacial score (nSPS) is 12.1. The molecule has 0 bridgehead atoms. The quantitative estimate of drug-likeness (QED) is 0.315. The molecule has 0 atom stereocenters. The zero-order valence-corrected chi connectivity index (χ0v) is 20.0. The first-order valence-electron chi connectivity index (χ1n) is 10.9. The van der Waals surface area contributed by atoms with Crippen LogP contribution in [0.1, 0.15) is 76.7 Å². The van der Waals surface area contributed by atoms with E-state index in [9.17, 15) is 7.73 Å². The van der Waals surface area contributed by atoms with Gasteiger partial charge in [-0.25, -0.2) is 0 Å². The minimum absolute atomic E-state index is 0.757. The van der Waals surface area contributed by atoms with Gasteiger partial charge in [0.25, 0.3) is 0 Å². The number of benzene rings is 2. The monoisotopic (exact) mass is 486 g/mol. The van der Waals surface area contributed by atoms with E-state index in [1.807, 2.05) is 55.5 Å². The van der Waals surface area contributed by atoms with Crippen molar-refractivity contribution in [1.82, 2.24) is 0 Å². The Bertz CT molecular complexity index is 751. The molecule has 0 N–H and O–H groups in total. The van der Waals surface area contributed by atoms with Crippen LogP contribution < -0.4 is 13.5 Å². The van der Waals surface area contributed by atoms with Gasteiger partial charge in [0.2, 0.25) is 0 Å². The van der Waals surface area contributed by atoms with Crippen molar-refractivity contribution in [3.05, 3.63) is 54.1 Å². The number of rotatable bonds is 14. The van der Waals surface area contributed by atoms with Crippen LogP contribution in [0.2, 0.25) is 5.36 Å². The van der Waals surface area contributed by atoms with E-state index < -0.39 is 27.2 Å². The Labute approximate surface area is 185 Å². The van der Waals surface area contributed by atoms with Crippen LogP contribution in [0.3, 0.4) is 0 Å². The molecule has 0 aliphatic heterocycles. The van der Waals surface area contributed by atoms with Crippen LogP contribution in [0.25, 0.3) is 0 Å². The van der Waals surface area contributed by atoms with Crippen LogP contribution in [0.5, 0.6) is 0 Å². The van der Waals surface area contributed by atoms with E-state index in [0.29, 0.717) is 0 Å². The van der Waals surface area contributed by atoms with Crippen molar-refractivity contribution in [2.45, 2.75) is 83.4 Å². The third-order valence-electron chi connectivity index (χ3n) is 4.96. The topological polar surface area (TPSA) is 34.1 Å². The van der Waals surface area contributed by atoms with Gasteiger partial charge in [-0.1, -0.05) is 0 Å². The average Bonchev–Trinajstić information content (AvgIpc) is 2.75. The molecule has 0 aromatic heterocycles. The zero-order valence-electron chi connectivity index (χ0n) is 17.9. The molecule has 4 heteroatoms. The van der Waals surface area contributed by atoms with Crippen LogP contribution in [-0.2, 0) is 34.9 Å². The van der Waals surface area contributed by atoms with E-state index in [1.165, 1.54) is 57.8 Å². The number of unbranched alkanes of at least 4 members (excludes halogenated alkanes) is 9. The van der Waals surface area contributed by atoms with E-state index in [-0.39, 0.29) is 0 Å². The van der Waals surface area contributed by atoms with Gasteiger partial charge in [-0.05, 0) is 0 Å². The Morgan fingerprint density at radius 2 is 1.00 bits per heavy atom. The molecule has 0 aliphatic carbocycles. The molecular formula is C25H36Co2O2. The second kappa shape index (κ2) is 14.1. The van der Waals surface area contributed by atoms with Crippen LogP contribution in [-0.4, -0.2) is 0 Å². The van der Waals surface area contributed by atoms with E-state index in [1.54, 1.807) is 0 Å². The molecule has 2 nitrogen and oxygen atoms in total. The van der Waals surface area contributed by atoms with Gasteiger partial charge >= 0.3 is 186 Å². The molecule has 0 spiro atoms. The Balaban J connectivity index is 1.67. The van der Waals surface area contributed by atoms with E-state index in [2.05, 4.69) is 6.92 Å². The van der Waals surface area contributed by atoms with Crippen LogP contribution in [0, 0.1) is 6.92 Å². The van der Waals surface area contributed by atoms with Crippen LogP contribution in [0.15, 0.2) is 48.5 Å². The zero-order chi connectivity index (χ0) is 20.9. The molecule has 2 aromatic rings. The van der Waals surface area contributed by atoms with Crippen molar-refractivity contribution >= 4 is 13.5 Å². The minimum atomic E-state index is -1.56. The standard InChI is InChI=1S/C12H25.C7H7.C6H4.2Co.2O/c1-3-5-7-9-11-12-10-8-6-4-2;1-7-5-3-2-4-6-7;1-2-4-6-5-3-1;;;;/h1,3-12H2,2H3;3-6H,1H3;1-2,5-6H;;;;. The molecule has 0 radical (unpaired) electrons. The molecule has 0 saturated heterocycles. The maximum atomic E-state index is 12.7. The molecule has 0 heterocycles. The first kappa shape index (κ1) is 24.3. The summed E-state index contributed by atoms with van der Waals surface area (Å²) in [6.45, 7) is 4.28. The van der Waals surface area contributed by atoms with Crippen molar-refractivity contribution in [2.24, 2.45) is 0 Å². The van der Waals surface area contributed by atoms with Crippen molar-refractivity contribution in [3.8, 4) is 0 Å². The molecule has 2 rings (SSSR count). The summed E-state index contributed by atoms with van der Waals surface area (Å²) in [5.74, 6) is 0. The second-order valence-corrected chi connectivity index (χ2v) is 11.4. The molecule has 0 aliphatic rings. The fraction of sp³-hybridized carbons (Fsp3) is 0.520. The molecule has 0 fully saturated rings. The first-order chi connectivity index (χ1) is 14.1. The van der Waals surface area contributed by atoms with Crippen molar-refractivity contribution in [1.29, 1.82) is 0 Å². The summed E-state index contributed by atoms with van der Waals surface area (Å²) in [5, 5.41) is 0.757. The molecule has 2 aromatic carbocycles. The summed E-state index contributed by atoms with van der Waals surface area (Å²) < 4.78 is 27.7. The Kier molecular flexibility index (Phi) is 11.8. The van der Waals surface area contributed by atoms with Crippen LogP contribution in [0.4, 0.5) is 0 Å². The van der Waals surface area contributed by atoms with Gasteiger partial charge in [0.15, 0.2) is 0 Å². The Morgan fingerprint density at radius 1 is 0.586 bits per heavy atom. The number of aryl methyl sites for hydroxylation is 1.